The molecule has 3 N–H and O–H groups in total. The highest BCUT2D eigenvalue weighted by Crippen LogP contribution is 2.31. The first-order valence-corrected chi connectivity index (χ1v) is 5.97. The van der Waals surface area contributed by atoms with Crippen LogP contribution in [0.5, 0.6) is 11.5 Å². The lowest BCUT2D eigenvalue weighted by molar-refractivity contribution is -0.161. The van der Waals surface area contributed by atoms with Gasteiger partial charge in [-0.1, -0.05) is 5.16 Å². The fraction of sp³-hybridized carbons (Fsp3) is 0.385. The van der Waals surface area contributed by atoms with E-state index in [0.717, 1.165) is 0 Å². The van der Waals surface area contributed by atoms with E-state index in [-0.39, 0.29) is 13.0 Å². The number of hydrogen-bond donors (Lipinski definition) is 2. The number of methoxy groups -OCH3 is 2. The fourth-order valence-corrected chi connectivity index (χ4v) is 1.96. The predicted molar refractivity (Wildman–Crippen MR) is 71.2 cm³/mol. The van der Waals surface area contributed by atoms with Crippen molar-refractivity contribution in [3.63, 3.8) is 0 Å². The van der Waals surface area contributed by atoms with Gasteiger partial charge in [0.15, 0.2) is 11.5 Å². The summed E-state index contributed by atoms with van der Waals surface area (Å²) in [5.41, 5.74) is 5.22. The quantitative estimate of drug-likeness (QED) is 0.819. The zero-order valence-corrected chi connectivity index (χ0v) is 11.3. The van der Waals surface area contributed by atoms with Crippen LogP contribution in [0.4, 0.5) is 0 Å². The maximum Gasteiger partial charge on any atom is 0.352 e. The lowest BCUT2D eigenvalue weighted by atomic mass is 9.94. The van der Waals surface area contributed by atoms with E-state index in [4.69, 9.17) is 20.0 Å². The average Bonchev–Trinajstić information content (AvgIpc) is 2.92. The van der Waals surface area contributed by atoms with Crippen molar-refractivity contribution in [3.05, 3.63) is 23.8 Å². The van der Waals surface area contributed by atoms with Gasteiger partial charge < -0.3 is 25.2 Å². The first-order valence-electron chi connectivity index (χ1n) is 5.97. The molecule has 7 heteroatoms. The molecule has 1 aromatic carbocycles. The van der Waals surface area contributed by atoms with Crippen LogP contribution in [-0.2, 0) is 9.63 Å². The van der Waals surface area contributed by atoms with Gasteiger partial charge in [0.25, 0.3) is 5.60 Å². The van der Waals surface area contributed by atoms with Crippen molar-refractivity contribution in [1.82, 2.24) is 0 Å². The lowest BCUT2D eigenvalue weighted by Crippen LogP contribution is -2.45. The van der Waals surface area contributed by atoms with Crippen LogP contribution in [0.3, 0.4) is 0 Å². The summed E-state index contributed by atoms with van der Waals surface area (Å²) in [4.78, 5) is 16.3. The van der Waals surface area contributed by atoms with Crippen molar-refractivity contribution < 1.29 is 24.2 Å². The van der Waals surface area contributed by atoms with Crippen LogP contribution < -0.4 is 15.2 Å². The second-order valence-corrected chi connectivity index (χ2v) is 4.38. The molecule has 1 aliphatic heterocycles. The second-order valence-electron chi connectivity index (χ2n) is 4.38. The van der Waals surface area contributed by atoms with Crippen LogP contribution in [0.2, 0.25) is 0 Å². The van der Waals surface area contributed by atoms with E-state index in [1.807, 2.05) is 0 Å². The van der Waals surface area contributed by atoms with Crippen molar-refractivity contribution in [2.75, 3.05) is 20.8 Å². The lowest BCUT2D eigenvalue weighted by Gasteiger charge is -2.18. The average molecular weight is 280 g/mol. The number of nitrogens with two attached hydrogens (primary N) is 1. The highest BCUT2D eigenvalue weighted by molar-refractivity contribution is 6.05. The molecule has 0 aromatic heterocycles. The van der Waals surface area contributed by atoms with E-state index >= 15 is 0 Å². The zero-order valence-electron chi connectivity index (χ0n) is 11.3. The van der Waals surface area contributed by atoms with Crippen molar-refractivity contribution in [2.45, 2.75) is 12.0 Å². The third kappa shape index (κ3) is 2.27. The molecule has 1 aliphatic rings. The van der Waals surface area contributed by atoms with Crippen LogP contribution >= 0.6 is 0 Å². The number of oxime groups is 1. The summed E-state index contributed by atoms with van der Waals surface area (Å²) >= 11 is 0. The van der Waals surface area contributed by atoms with Gasteiger partial charge in [0.2, 0.25) is 0 Å². The van der Waals surface area contributed by atoms with Crippen molar-refractivity contribution in [1.29, 1.82) is 0 Å². The monoisotopic (exact) mass is 280 g/mol. The molecule has 20 heavy (non-hydrogen) atoms. The van der Waals surface area contributed by atoms with Gasteiger partial charge in [0, 0.05) is 18.5 Å². The van der Waals surface area contributed by atoms with Gasteiger partial charge in [0.05, 0.1) is 19.9 Å². The third-order valence-corrected chi connectivity index (χ3v) is 3.22. The van der Waals surface area contributed by atoms with Crippen LogP contribution in [0, 0.1) is 0 Å². The van der Waals surface area contributed by atoms with Crippen molar-refractivity contribution >= 4 is 11.7 Å². The fourth-order valence-electron chi connectivity index (χ4n) is 1.96. The second kappa shape index (κ2) is 5.38. The molecule has 1 atom stereocenters. The van der Waals surface area contributed by atoms with Gasteiger partial charge in [0.1, 0.15) is 0 Å². The molecule has 2 rings (SSSR count). The van der Waals surface area contributed by atoms with Crippen LogP contribution in [0.15, 0.2) is 23.4 Å². The molecule has 0 radical (unpaired) electrons. The van der Waals surface area contributed by atoms with E-state index in [9.17, 15) is 9.90 Å². The summed E-state index contributed by atoms with van der Waals surface area (Å²) in [7, 11) is 3.06. The Hall–Kier alpha value is -2.28. The van der Waals surface area contributed by atoms with Crippen LogP contribution in [-0.4, -0.2) is 43.2 Å². The molecule has 1 heterocycles. The number of rotatable bonds is 5. The number of carbonyl (C=O) groups is 1. The van der Waals surface area contributed by atoms with E-state index < -0.39 is 11.6 Å². The summed E-state index contributed by atoms with van der Waals surface area (Å²) in [6.45, 7) is -0.150. The first-order chi connectivity index (χ1) is 9.56. The summed E-state index contributed by atoms with van der Waals surface area (Å²) < 4.78 is 10.3. The minimum Gasteiger partial charge on any atom is -0.493 e. The topological polar surface area (TPSA) is 103 Å². The molecule has 1 unspecified atom stereocenters. The summed E-state index contributed by atoms with van der Waals surface area (Å²) in [5.74, 6) is -0.00779. The molecule has 108 valence electrons. The smallest absolute Gasteiger partial charge is 0.352 e. The Morgan fingerprint density at radius 1 is 1.45 bits per heavy atom. The van der Waals surface area contributed by atoms with Crippen LogP contribution in [0.1, 0.15) is 12.0 Å². The molecule has 0 spiro atoms. The molecule has 0 fully saturated rings. The SMILES string of the molecule is COc1ccc(C2=NOC(CN)(C(=O)O)C2)cc1OC. The molecule has 0 amide bonds. The highest BCUT2D eigenvalue weighted by Gasteiger charge is 2.46. The van der Waals surface area contributed by atoms with Gasteiger partial charge in [-0.3, -0.25) is 0 Å². The normalized spacial score (nSPS) is 21.1. The molecule has 7 nitrogen and oxygen atoms in total. The van der Waals surface area contributed by atoms with Crippen LogP contribution in [0.25, 0.3) is 0 Å². The van der Waals surface area contributed by atoms with Gasteiger partial charge in [-0.25, -0.2) is 4.79 Å². The molecule has 1 aromatic rings. The van der Waals surface area contributed by atoms with Gasteiger partial charge >= 0.3 is 5.97 Å². The molecular formula is C13H16N2O5. The molecule has 0 saturated heterocycles. The summed E-state index contributed by atoms with van der Waals surface area (Å²) in [6, 6.07) is 5.20. The minimum absolute atomic E-state index is 0.105. The molecule has 0 bridgehead atoms. The van der Waals surface area contributed by atoms with Gasteiger partial charge in [-0.05, 0) is 18.2 Å². The highest BCUT2D eigenvalue weighted by atomic mass is 16.7. The minimum atomic E-state index is -1.48. The van der Waals surface area contributed by atoms with E-state index in [0.29, 0.717) is 22.8 Å². The van der Waals surface area contributed by atoms with Gasteiger partial charge in [-0.2, -0.15) is 0 Å². The Kier molecular flexibility index (Phi) is 3.80. The molecular weight excluding hydrogens is 264 g/mol. The summed E-state index contributed by atoms with van der Waals surface area (Å²) in [5, 5.41) is 13.0. The van der Waals surface area contributed by atoms with E-state index in [1.165, 1.54) is 14.2 Å². The number of ether oxygens (including phenoxy) is 2. The predicted octanol–water partition coefficient (Wildman–Crippen LogP) is 0.610. The summed E-state index contributed by atoms with van der Waals surface area (Å²) in [6.07, 6.45) is 0.105. The Morgan fingerprint density at radius 3 is 2.65 bits per heavy atom. The maximum absolute atomic E-state index is 11.2. The van der Waals surface area contributed by atoms with E-state index in [1.54, 1.807) is 18.2 Å². The maximum atomic E-state index is 11.2. The molecule has 0 aliphatic carbocycles. The zero-order chi connectivity index (χ0) is 14.8. The number of carboxylic acids is 1. The number of hydrogen-bond acceptors (Lipinski definition) is 6. The van der Waals surface area contributed by atoms with Crippen molar-refractivity contribution in [3.8, 4) is 11.5 Å². The van der Waals surface area contributed by atoms with Gasteiger partial charge in [-0.15, -0.1) is 0 Å². The standard InChI is InChI=1S/C13H16N2O5/c1-18-10-4-3-8(5-11(10)19-2)9-6-13(7-14,12(16)17)20-15-9/h3-5H,6-7,14H2,1-2H3,(H,16,17). The molecule has 0 saturated carbocycles. The Labute approximate surface area is 115 Å². The van der Waals surface area contributed by atoms with Crippen molar-refractivity contribution in [2.24, 2.45) is 10.9 Å². The number of benzene rings is 1. The first kappa shape index (κ1) is 14.1. The Morgan fingerprint density at radius 2 is 2.15 bits per heavy atom. The Bertz CT molecular complexity index is 558. The Balaban J connectivity index is 2.28. The third-order valence-electron chi connectivity index (χ3n) is 3.22. The largest absolute Gasteiger partial charge is 0.493 e. The number of aliphatic carboxylic acids is 1. The number of carboxylic acid groups (broad SMARTS) is 1. The van der Waals surface area contributed by atoms with E-state index in [2.05, 4.69) is 5.16 Å². The number of nitrogens with zero attached hydrogens (tertiary/aromatic N) is 1.